The molecule has 0 bridgehead atoms. The van der Waals surface area contributed by atoms with Gasteiger partial charge in [-0.3, -0.25) is 9.59 Å². The number of hydrogen-bond acceptors (Lipinski definition) is 4. The standard InChI is InChI=1S/C10H10ClNO.C5H10O2/c11-9-3-1-7(2-4-9)10(13)8-5-12-6-8;1-5(2,3)7-4-6/h1-4,8,12H,5-6H2;4H,1-3H3. The van der Waals surface area contributed by atoms with Crippen molar-refractivity contribution < 1.29 is 14.3 Å². The van der Waals surface area contributed by atoms with Crippen LogP contribution in [-0.4, -0.2) is 30.9 Å². The predicted molar refractivity (Wildman–Crippen MR) is 79.0 cm³/mol. The molecule has 0 saturated carbocycles. The highest BCUT2D eigenvalue weighted by Gasteiger charge is 2.25. The third kappa shape index (κ3) is 5.72. The topological polar surface area (TPSA) is 55.4 Å². The smallest absolute Gasteiger partial charge is 0.293 e. The third-order valence-corrected chi connectivity index (χ3v) is 2.93. The molecule has 1 aliphatic heterocycles. The molecule has 1 fully saturated rings. The largest absolute Gasteiger partial charge is 0.462 e. The molecule has 1 aliphatic rings. The van der Waals surface area contributed by atoms with Gasteiger partial charge in [0.2, 0.25) is 0 Å². The molecule has 0 radical (unpaired) electrons. The van der Waals surface area contributed by atoms with Crippen LogP contribution in [0.3, 0.4) is 0 Å². The number of Topliss-reactive ketones (excluding diaryl/α,β-unsaturated/α-hetero) is 1. The van der Waals surface area contributed by atoms with Gasteiger partial charge in [0, 0.05) is 29.6 Å². The fraction of sp³-hybridized carbons (Fsp3) is 0.467. The van der Waals surface area contributed by atoms with E-state index >= 15 is 0 Å². The lowest BCUT2D eigenvalue weighted by atomic mass is 9.93. The van der Waals surface area contributed by atoms with Crippen molar-refractivity contribution in [3.8, 4) is 0 Å². The molecule has 0 spiro atoms. The number of ether oxygens (including phenoxy) is 1. The maximum Gasteiger partial charge on any atom is 0.293 e. The van der Waals surface area contributed by atoms with E-state index in [1.807, 2.05) is 20.8 Å². The summed E-state index contributed by atoms with van der Waals surface area (Å²) in [6.45, 7) is 7.53. The Kier molecular flexibility index (Phi) is 6.17. The van der Waals surface area contributed by atoms with Gasteiger partial charge in [0.25, 0.3) is 6.47 Å². The lowest BCUT2D eigenvalue weighted by Gasteiger charge is -2.25. The monoisotopic (exact) mass is 297 g/mol. The van der Waals surface area contributed by atoms with E-state index in [1.165, 1.54) is 0 Å². The van der Waals surface area contributed by atoms with Gasteiger partial charge in [0.1, 0.15) is 5.60 Å². The van der Waals surface area contributed by atoms with Crippen LogP contribution in [0.1, 0.15) is 31.1 Å². The minimum absolute atomic E-state index is 0.168. The van der Waals surface area contributed by atoms with E-state index in [4.69, 9.17) is 11.6 Å². The molecular weight excluding hydrogens is 278 g/mol. The first-order chi connectivity index (χ1) is 9.33. The highest BCUT2D eigenvalue weighted by Crippen LogP contribution is 2.15. The third-order valence-electron chi connectivity index (χ3n) is 2.68. The van der Waals surface area contributed by atoms with Crippen molar-refractivity contribution in [3.05, 3.63) is 34.9 Å². The SMILES string of the molecule is CC(C)(C)OC=O.O=C(c1ccc(Cl)cc1)C1CNC1. The summed E-state index contributed by atoms with van der Waals surface area (Å²) >= 11 is 5.72. The Labute approximate surface area is 124 Å². The van der Waals surface area contributed by atoms with Crippen LogP contribution in [0, 0.1) is 5.92 Å². The molecule has 1 heterocycles. The molecule has 0 aromatic heterocycles. The van der Waals surface area contributed by atoms with Gasteiger partial charge in [-0.1, -0.05) is 11.6 Å². The van der Waals surface area contributed by atoms with Crippen molar-refractivity contribution in [1.82, 2.24) is 5.32 Å². The van der Waals surface area contributed by atoms with E-state index in [2.05, 4.69) is 10.1 Å². The minimum Gasteiger partial charge on any atom is -0.462 e. The van der Waals surface area contributed by atoms with E-state index in [-0.39, 0.29) is 17.3 Å². The molecule has 5 heteroatoms. The van der Waals surface area contributed by atoms with Crippen LogP contribution in [0.2, 0.25) is 5.02 Å². The molecular formula is C15H20ClNO3. The summed E-state index contributed by atoms with van der Waals surface area (Å²) in [6, 6.07) is 7.06. The Balaban J connectivity index is 0.000000246. The number of halogens is 1. The van der Waals surface area contributed by atoms with Crippen LogP contribution in [0.15, 0.2) is 24.3 Å². The van der Waals surface area contributed by atoms with E-state index in [1.54, 1.807) is 24.3 Å². The predicted octanol–water partition coefficient (Wildman–Crippen LogP) is 2.70. The molecule has 20 heavy (non-hydrogen) atoms. The molecule has 110 valence electrons. The van der Waals surface area contributed by atoms with Crippen molar-refractivity contribution >= 4 is 23.9 Å². The first-order valence-electron chi connectivity index (χ1n) is 6.45. The number of ketones is 1. The van der Waals surface area contributed by atoms with E-state index in [0.717, 1.165) is 18.7 Å². The number of carbonyl (C=O) groups excluding carboxylic acids is 2. The number of carbonyl (C=O) groups is 2. The van der Waals surface area contributed by atoms with Crippen molar-refractivity contribution in [2.75, 3.05) is 13.1 Å². The lowest BCUT2D eigenvalue weighted by molar-refractivity contribution is -0.138. The summed E-state index contributed by atoms with van der Waals surface area (Å²) in [5.41, 5.74) is 0.442. The summed E-state index contributed by atoms with van der Waals surface area (Å²) in [7, 11) is 0. The number of hydrogen-bond donors (Lipinski definition) is 1. The van der Waals surface area contributed by atoms with Gasteiger partial charge in [0.05, 0.1) is 0 Å². The average molecular weight is 298 g/mol. The normalized spacial score (nSPS) is 14.6. The second-order valence-corrected chi connectivity index (χ2v) is 5.99. The van der Waals surface area contributed by atoms with Crippen LogP contribution < -0.4 is 5.32 Å². The van der Waals surface area contributed by atoms with Gasteiger partial charge in [-0.05, 0) is 45.0 Å². The Morgan fingerprint density at radius 1 is 1.30 bits per heavy atom. The van der Waals surface area contributed by atoms with Crippen molar-refractivity contribution in [2.24, 2.45) is 5.92 Å². The summed E-state index contributed by atoms with van der Waals surface area (Å²) in [6.07, 6.45) is 0. The van der Waals surface area contributed by atoms with Crippen LogP contribution in [0.5, 0.6) is 0 Å². The molecule has 0 aliphatic carbocycles. The van der Waals surface area contributed by atoms with E-state index in [0.29, 0.717) is 11.5 Å². The maximum absolute atomic E-state index is 11.7. The Morgan fingerprint density at radius 3 is 2.15 bits per heavy atom. The number of benzene rings is 1. The van der Waals surface area contributed by atoms with Crippen LogP contribution in [0.25, 0.3) is 0 Å². The Bertz CT molecular complexity index is 447. The molecule has 1 N–H and O–H groups in total. The van der Waals surface area contributed by atoms with Crippen molar-refractivity contribution in [1.29, 1.82) is 0 Å². The number of nitrogens with one attached hydrogen (secondary N) is 1. The van der Waals surface area contributed by atoms with Crippen molar-refractivity contribution in [2.45, 2.75) is 26.4 Å². The lowest BCUT2D eigenvalue weighted by Crippen LogP contribution is -2.46. The maximum atomic E-state index is 11.7. The van der Waals surface area contributed by atoms with Crippen LogP contribution >= 0.6 is 11.6 Å². The molecule has 2 rings (SSSR count). The zero-order valence-corrected chi connectivity index (χ0v) is 12.7. The fourth-order valence-corrected chi connectivity index (χ4v) is 1.59. The van der Waals surface area contributed by atoms with Gasteiger partial charge in [-0.15, -0.1) is 0 Å². The molecule has 0 amide bonds. The summed E-state index contributed by atoms with van der Waals surface area (Å²) in [5, 5.41) is 3.75. The zero-order valence-electron chi connectivity index (χ0n) is 12.0. The molecule has 4 nitrogen and oxygen atoms in total. The van der Waals surface area contributed by atoms with Gasteiger partial charge in [-0.25, -0.2) is 0 Å². The molecule has 0 atom stereocenters. The van der Waals surface area contributed by atoms with Crippen molar-refractivity contribution in [3.63, 3.8) is 0 Å². The number of rotatable bonds is 3. The highest BCUT2D eigenvalue weighted by atomic mass is 35.5. The first kappa shape index (κ1) is 16.7. The molecule has 1 aromatic rings. The summed E-state index contributed by atoms with van der Waals surface area (Å²) < 4.78 is 4.55. The Morgan fingerprint density at radius 2 is 1.85 bits per heavy atom. The Hall–Kier alpha value is -1.39. The van der Waals surface area contributed by atoms with E-state index < -0.39 is 0 Å². The average Bonchev–Trinajstić information content (AvgIpc) is 2.26. The first-order valence-corrected chi connectivity index (χ1v) is 6.83. The molecule has 0 unspecified atom stereocenters. The van der Waals surface area contributed by atoms with Crippen LogP contribution in [0.4, 0.5) is 0 Å². The second-order valence-electron chi connectivity index (χ2n) is 5.55. The van der Waals surface area contributed by atoms with Gasteiger partial charge in [-0.2, -0.15) is 0 Å². The highest BCUT2D eigenvalue weighted by molar-refractivity contribution is 6.30. The zero-order chi connectivity index (χ0) is 15.2. The summed E-state index contributed by atoms with van der Waals surface area (Å²) in [4.78, 5) is 21.3. The quantitative estimate of drug-likeness (QED) is 0.688. The van der Waals surface area contributed by atoms with Gasteiger partial charge < -0.3 is 10.1 Å². The van der Waals surface area contributed by atoms with Crippen LogP contribution in [-0.2, 0) is 9.53 Å². The minimum atomic E-state index is -0.318. The summed E-state index contributed by atoms with van der Waals surface area (Å²) in [5.74, 6) is 0.386. The molecule has 1 saturated heterocycles. The van der Waals surface area contributed by atoms with Gasteiger partial charge in [0.15, 0.2) is 5.78 Å². The second kappa shape index (κ2) is 7.41. The van der Waals surface area contributed by atoms with E-state index in [9.17, 15) is 9.59 Å². The molecule has 1 aromatic carbocycles. The van der Waals surface area contributed by atoms with Gasteiger partial charge >= 0.3 is 0 Å². The fourth-order valence-electron chi connectivity index (χ4n) is 1.47.